The SMILES string of the molecule is CC#CCOc1ccc(S(=O)(=O)N2Cc3ccccc3N(C(=O)c3ccsc3)CC2C(=O)O)cc1. The first-order valence-corrected chi connectivity index (χ1v) is 13.0. The summed E-state index contributed by atoms with van der Waals surface area (Å²) in [5, 5.41) is 13.5. The van der Waals surface area contributed by atoms with Crippen molar-refractivity contribution in [3.63, 3.8) is 0 Å². The van der Waals surface area contributed by atoms with Gasteiger partial charge in [-0.15, -0.1) is 5.92 Å². The van der Waals surface area contributed by atoms with E-state index in [0.29, 0.717) is 22.6 Å². The fraction of sp³-hybridized carbons (Fsp3) is 0.200. The lowest BCUT2D eigenvalue weighted by atomic mass is 10.1. The summed E-state index contributed by atoms with van der Waals surface area (Å²) >= 11 is 1.35. The van der Waals surface area contributed by atoms with Crippen molar-refractivity contribution in [3.8, 4) is 17.6 Å². The molecular formula is C25H22N2O6S2. The van der Waals surface area contributed by atoms with E-state index in [1.165, 1.54) is 40.5 Å². The van der Waals surface area contributed by atoms with Crippen LogP contribution in [-0.4, -0.2) is 48.9 Å². The number of carbonyl (C=O) groups excluding carboxylic acids is 1. The first-order valence-electron chi connectivity index (χ1n) is 10.6. The van der Waals surface area contributed by atoms with Crippen molar-refractivity contribution in [3.05, 3.63) is 76.5 Å². The molecule has 0 spiro atoms. The molecule has 3 aromatic rings. The number of aliphatic carboxylic acids is 1. The number of sulfonamides is 1. The highest BCUT2D eigenvalue weighted by atomic mass is 32.2. The average Bonchev–Trinajstić information content (AvgIpc) is 3.33. The van der Waals surface area contributed by atoms with E-state index in [9.17, 15) is 23.1 Å². The summed E-state index contributed by atoms with van der Waals surface area (Å²) in [4.78, 5) is 26.9. The van der Waals surface area contributed by atoms with E-state index in [-0.39, 0.29) is 30.5 Å². The third-order valence-electron chi connectivity index (χ3n) is 5.53. The van der Waals surface area contributed by atoms with Gasteiger partial charge in [-0.1, -0.05) is 24.1 Å². The number of rotatable bonds is 6. The zero-order valence-corrected chi connectivity index (χ0v) is 20.4. The van der Waals surface area contributed by atoms with Gasteiger partial charge in [-0.25, -0.2) is 8.42 Å². The predicted octanol–water partition coefficient (Wildman–Crippen LogP) is 3.45. The molecule has 2 heterocycles. The van der Waals surface area contributed by atoms with Gasteiger partial charge in [-0.2, -0.15) is 15.6 Å². The minimum atomic E-state index is -4.23. The highest BCUT2D eigenvalue weighted by molar-refractivity contribution is 7.89. The summed E-state index contributed by atoms with van der Waals surface area (Å²) in [6.45, 7) is 1.32. The number of nitrogens with zero attached hydrogens (tertiary/aromatic N) is 2. The van der Waals surface area contributed by atoms with Crippen LogP contribution in [0.15, 0.2) is 70.3 Å². The minimum absolute atomic E-state index is 0.0761. The summed E-state index contributed by atoms with van der Waals surface area (Å²) in [6, 6.07) is 12.7. The Hall–Kier alpha value is -3.65. The molecule has 1 amide bonds. The van der Waals surface area contributed by atoms with Crippen LogP contribution in [0.5, 0.6) is 5.75 Å². The number of para-hydroxylation sites is 1. The smallest absolute Gasteiger partial charge is 0.323 e. The molecule has 10 heteroatoms. The third kappa shape index (κ3) is 5.07. The van der Waals surface area contributed by atoms with Crippen LogP contribution in [0.3, 0.4) is 0 Å². The lowest BCUT2D eigenvalue weighted by Gasteiger charge is -2.28. The molecule has 0 radical (unpaired) electrons. The maximum absolute atomic E-state index is 13.6. The molecule has 0 bridgehead atoms. The van der Waals surface area contributed by atoms with Crippen LogP contribution < -0.4 is 9.64 Å². The van der Waals surface area contributed by atoms with Gasteiger partial charge in [0.1, 0.15) is 18.4 Å². The first kappa shape index (κ1) is 24.5. The van der Waals surface area contributed by atoms with Crippen molar-refractivity contribution in [2.45, 2.75) is 24.4 Å². The maximum Gasteiger partial charge on any atom is 0.323 e. The van der Waals surface area contributed by atoms with E-state index < -0.39 is 22.0 Å². The molecule has 1 N–H and O–H groups in total. The number of carboxylic acids is 1. The minimum Gasteiger partial charge on any atom is -0.481 e. The standard InChI is InChI=1S/C25H22N2O6S2/c1-2-3-13-33-20-8-10-21(11-9-20)35(31,32)27-15-18-6-4-5-7-22(18)26(16-23(27)25(29)30)24(28)19-12-14-34-17-19/h4-12,14,17,23H,13,15-16H2,1H3,(H,29,30). The molecule has 0 aliphatic carbocycles. The number of amides is 1. The number of thiophene rings is 1. The van der Waals surface area contributed by atoms with E-state index in [2.05, 4.69) is 11.8 Å². The van der Waals surface area contributed by atoms with Crippen molar-refractivity contribution >= 4 is 38.9 Å². The van der Waals surface area contributed by atoms with Gasteiger partial charge in [-0.05, 0) is 54.3 Å². The second-order valence-corrected chi connectivity index (χ2v) is 10.3. The highest BCUT2D eigenvalue weighted by Crippen LogP contribution is 2.32. The van der Waals surface area contributed by atoms with Gasteiger partial charge in [0.25, 0.3) is 5.91 Å². The summed E-state index contributed by atoms with van der Waals surface area (Å²) in [5.74, 6) is 4.17. The third-order valence-corrected chi connectivity index (χ3v) is 8.08. The number of fused-ring (bicyclic) bond motifs is 1. The molecule has 1 atom stereocenters. The van der Waals surface area contributed by atoms with Crippen LogP contribution in [0, 0.1) is 11.8 Å². The van der Waals surface area contributed by atoms with Gasteiger partial charge >= 0.3 is 5.97 Å². The summed E-state index contributed by atoms with van der Waals surface area (Å²) in [5.41, 5.74) is 1.42. The molecular weight excluding hydrogens is 488 g/mol. The molecule has 0 saturated heterocycles. The van der Waals surface area contributed by atoms with E-state index in [1.54, 1.807) is 48.0 Å². The lowest BCUT2D eigenvalue weighted by Crippen LogP contribution is -2.50. The molecule has 8 nitrogen and oxygen atoms in total. The van der Waals surface area contributed by atoms with Crippen LogP contribution in [0.25, 0.3) is 0 Å². The second kappa shape index (κ2) is 10.3. The molecule has 1 aromatic heterocycles. The van der Waals surface area contributed by atoms with Gasteiger partial charge in [0.05, 0.1) is 17.0 Å². The van der Waals surface area contributed by atoms with Crippen molar-refractivity contribution in [2.24, 2.45) is 0 Å². The van der Waals surface area contributed by atoms with E-state index in [0.717, 1.165) is 4.31 Å². The molecule has 1 aliphatic heterocycles. The lowest BCUT2D eigenvalue weighted by molar-refractivity contribution is -0.141. The first-order chi connectivity index (χ1) is 16.8. The second-order valence-electron chi connectivity index (χ2n) is 7.65. The normalized spacial score (nSPS) is 15.9. The number of hydrogen-bond acceptors (Lipinski definition) is 6. The fourth-order valence-corrected chi connectivity index (χ4v) is 5.95. The number of carbonyl (C=O) groups is 2. The van der Waals surface area contributed by atoms with Crippen molar-refractivity contribution in [2.75, 3.05) is 18.1 Å². The molecule has 180 valence electrons. The van der Waals surface area contributed by atoms with Gasteiger partial charge in [0.15, 0.2) is 0 Å². The Bertz CT molecular complexity index is 1390. The molecule has 0 saturated carbocycles. The Morgan fingerprint density at radius 1 is 1.14 bits per heavy atom. The van der Waals surface area contributed by atoms with E-state index in [1.807, 2.05) is 0 Å². The zero-order valence-electron chi connectivity index (χ0n) is 18.7. The Morgan fingerprint density at radius 3 is 2.54 bits per heavy atom. The van der Waals surface area contributed by atoms with Gasteiger partial charge in [0.2, 0.25) is 10.0 Å². The number of anilines is 1. The van der Waals surface area contributed by atoms with Crippen LogP contribution >= 0.6 is 11.3 Å². The summed E-state index contributed by atoms with van der Waals surface area (Å²) in [7, 11) is -4.23. The largest absolute Gasteiger partial charge is 0.481 e. The van der Waals surface area contributed by atoms with Gasteiger partial charge in [-0.3, -0.25) is 9.59 Å². The predicted molar refractivity (Wildman–Crippen MR) is 132 cm³/mol. The number of benzene rings is 2. The highest BCUT2D eigenvalue weighted by Gasteiger charge is 2.41. The van der Waals surface area contributed by atoms with Crippen molar-refractivity contribution in [1.82, 2.24) is 4.31 Å². The van der Waals surface area contributed by atoms with Gasteiger partial charge < -0.3 is 14.7 Å². The molecule has 2 aromatic carbocycles. The Labute approximate surface area is 207 Å². The fourth-order valence-electron chi connectivity index (χ4n) is 3.77. The number of hydrogen-bond donors (Lipinski definition) is 1. The van der Waals surface area contributed by atoms with Crippen molar-refractivity contribution < 1.29 is 27.9 Å². The van der Waals surface area contributed by atoms with Crippen LogP contribution in [0.2, 0.25) is 0 Å². The summed E-state index contributed by atoms with van der Waals surface area (Å²) in [6.07, 6.45) is 0. The molecule has 35 heavy (non-hydrogen) atoms. The van der Waals surface area contributed by atoms with Crippen LogP contribution in [0.4, 0.5) is 5.69 Å². The Balaban J connectivity index is 1.72. The monoisotopic (exact) mass is 510 g/mol. The molecule has 1 unspecified atom stereocenters. The molecule has 4 rings (SSSR count). The van der Waals surface area contributed by atoms with Crippen LogP contribution in [0.1, 0.15) is 22.8 Å². The van der Waals surface area contributed by atoms with Gasteiger partial charge in [0, 0.05) is 17.6 Å². The van der Waals surface area contributed by atoms with Crippen molar-refractivity contribution in [1.29, 1.82) is 0 Å². The number of carboxylic acid groups (broad SMARTS) is 1. The van der Waals surface area contributed by atoms with E-state index in [4.69, 9.17) is 4.74 Å². The van der Waals surface area contributed by atoms with Crippen LogP contribution in [-0.2, 0) is 21.4 Å². The number of ether oxygens (including phenoxy) is 1. The quantitative estimate of drug-likeness (QED) is 0.510. The average molecular weight is 511 g/mol. The van der Waals surface area contributed by atoms with E-state index >= 15 is 0 Å². The topological polar surface area (TPSA) is 104 Å². The molecule has 0 fully saturated rings. The Morgan fingerprint density at radius 2 is 1.89 bits per heavy atom. The summed E-state index contributed by atoms with van der Waals surface area (Å²) < 4.78 is 33.7. The molecule has 1 aliphatic rings. The maximum atomic E-state index is 13.6. The zero-order chi connectivity index (χ0) is 25.0. The Kier molecular flexibility index (Phi) is 7.21.